The van der Waals surface area contributed by atoms with Gasteiger partial charge in [-0.1, -0.05) is 66.7 Å². The average molecular weight is 350 g/mol. The highest BCUT2D eigenvalue weighted by atomic mass is 32.1. The van der Waals surface area contributed by atoms with Crippen LogP contribution in [-0.2, 0) is 13.2 Å². The molecule has 0 fully saturated rings. The van der Waals surface area contributed by atoms with Gasteiger partial charge in [-0.25, -0.2) is 0 Å². The van der Waals surface area contributed by atoms with E-state index in [1.165, 1.54) is 0 Å². The largest absolute Gasteiger partial charge is 0.485 e. The fourth-order valence-corrected chi connectivity index (χ4v) is 2.65. The first-order chi connectivity index (χ1) is 12.2. The number of benzene rings is 3. The molecule has 0 aliphatic carbocycles. The summed E-state index contributed by atoms with van der Waals surface area (Å²) in [6.45, 7) is 3.06. The Labute approximate surface area is 154 Å². The van der Waals surface area contributed by atoms with E-state index in [-0.39, 0.29) is 5.25 Å². The zero-order chi connectivity index (χ0) is 17.5. The summed E-state index contributed by atoms with van der Waals surface area (Å²) in [4.78, 5) is 0. The molecule has 0 bridgehead atoms. The molecule has 0 saturated heterocycles. The van der Waals surface area contributed by atoms with E-state index in [1.54, 1.807) is 0 Å². The maximum absolute atomic E-state index is 6.04. The van der Waals surface area contributed by atoms with Crippen molar-refractivity contribution in [1.82, 2.24) is 0 Å². The second-order valence-electron chi connectivity index (χ2n) is 5.93. The van der Waals surface area contributed by atoms with E-state index in [1.807, 2.05) is 61.5 Å². The predicted octanol–water partition coefficient (Wildman–Crippen LogP) is 5.84. The summed E-state index contributed by atoms with van der Waals surface area (Å²) in [6, 6.07) is 26.3. The summed E-state index contributed by atoms with van der Waals surface area (Å²) in [7, 11) is 0. The monoisotopic (exact) mass is 350 g/mol. The fourth-order valence-electron chi connectivity index (χ4n) is 2.49. The van der Waals surface area contributed by atoms with Crippen LogP contribution in [0.3, 0.4) is 0 Å². The van der Waals surface area contributed by atoms with Crippen LogP contribution in [0.25, 0.3) is 0 Å². The summed E-state index contributed by atoms with van der Waals surface area (Å²) >= 11 is 4.52. The zero-order valence-electron chi connectivity index (χ0n) is 14.3. The van der Waals surface area contributed by atoms with Crippen LogP contribution < -0.4 is 9.47 Å². The molecule has 0 radical (unpaired) electrons. The predicted molar refractivity (Wildman–Crippen MR) is 105 cm³/mol. The van der Waals surface area contributed by atoms with E-state index < -0.39 is 0 Å². The summed E-state index contributed by atoms with van der Waals surface area (Å²) in [6.07, 6.45) is 0. The van der Waals surface area contributed by atoms with Crippen molar-refractivity contribution in [3.05, 3.63) is 95.6 Å². The minimum absolute atomic E-state index is 0.141. The fraction of sp³-hybridized carbons (Fsp3) is 0.182. The lowest BCUT2D eigenvalue weighted by atomic mass is 10.1. The smallest absolute Gasteiger partial charge is 0.162 e. The van der Waals surface area contributed by atoms with Crippen molar-refractivity contribution >= 4 is 12.6 Å². The molecule has 3 heteroatoms. The molecule has 0 N–H and O–H groups in total. The number of rotatable bonds is 7. The molecule has 3 aromatic carbocycles. The number of thiol groups is 1. The third kappa shape index (κ3) is 5.04. The van der Waals surface area contributed by atoms with Crippen molar-refractivity contribution < 1.29 is 9.47 Å². The number of ether oxygens (including phenoxy) is 2. The molecule has 0 saturated carbocycles. The zero-order valence-corrected chi connectivity index (χ0v) is 15.2. The average Bonchev–Trinajstić information content (AvgIpc) is 2.66. The van der Waals surface area contributed by atoms with Crippen LogP contribution in [-0.4, -0.2) is 0 Å². The summed E-state index contributed by atoms with van der Waals surface area (Å²) in [5.74, 6) is 1.50. The van der Waals surface area contributed by atoms with Crippen LogP contribution in [0.4, 0.5) is 0 Å². The van der Waals surface area contributed by atoms with Crippen molar-refractivity contribution in [3.8, 4) is 11.5 Å². The molecule has 0 spiro atoms. The van der Waals surface area contributed by atoms with Gasteiger partial charge < -0.3 is 9.47 Å². The molecule has 1 unspecified atom stereocenters. The van der Waals surface area contributed by atoms with Crippen molar-refractivity contribution in [2.45, 2.75) is 25.4 Å². The SMILES string of the molecule is CC(S)c1ccc(OCc2ccccc2)c(OCc2ccccc2)c1. The van der Waals surface area contributed by atoms with Crippen LogP contribution in [0, 0.1) is 0 Å². The molecule has 0 amide bonds. The molecule has 0 aliphatic heterocycles. The van der Waals surface area contributed by atoms with Crippen molar-refractivity contribution in [1.29, 1.82) is 0 Å². The normalized spacial score (nSPS) is 11.8. The standard InChI is InChI=1S/C22H22O2S/c1-17(25)20-12-13-21(23-15-18-8-4-2-5-9-18)22(14-20)24-16-19-10-6-3-7-11-19/h2-14,17,25H,15-16H2,1H3. The van der Waals surface area contributed by atoms with Gasteiger partial charge in [0.15, 0.2) is 11.5 Å². The maximum atomic E-state index is 6.04. The van der Waals surface area contributed by atoms with E-state index in [2.05, 4.69) is 36.9 Å². The molecule has 25 heavy (non-hydrogen) atoms. The Morgan fingerprint density at radius 2 is 1.24 bits per heavy atom. The van der Waals surface area contributed by atoms with E-state index in [9.17, 15) is 0 Å². The summed E-state index contributed by atoms with van der Waals surface area (Å²) < 4.78 is 12.0. The first-order valence-corrected chi connectivity index (χ1v) is 8.89. The number of hydrogen-bond donors (Lipinski definition) is 1. The van der Waals surface area contributed by atoms with Gasteiger partial charge in [-0.2, -0.15) is 12.6 Å². The van der Waals surface area contributed by atoms with Crippen molar-refractivity contribution in [2.24, 2.45) is 0 Å². The highest BCUT2D eigenvalue weighted by molar-refractivity contribution is 7.80. The molecular formula is C22H22O2S. The summed E-state index contributed by atoms with van der Waals surface area (Å²) in [5.41, 5.74) is 3.36. The van der Waals surface area contributed by atoms with Gasteiger partial charge in [0.1, 0.15) is 13.2 Å². The van der Waals surface area contributed by atoms with Gasteiger partial charge in [0.2, 0.25) is 0 Å². The quantitative estimate of drug-likeness (QED) is 0.540. The Bertz CT molecular complexity index is 786. The molecule has 0 aromatic heterocycles. The van der Waals surface area contributed by atoms with Crippen LogP contribution in [0.15, 0.2) is 78.9 Å². The molecule has 3 aromatic rings. The topological polar surface area (TPSA) is 18.5 Å². The molecular weight excluding hydrogens is 328 g/mol. The molecule has 1 atom stereocenters. The number of hydrogen-bond acceptors (Lipinski definition) is 3. The van der Waals surface area contributed by atoms with Gasteiger partial charge in [-0.15, -0.1) is 0 Å². The van der Waals surface area contributed by atoms with Gasteiger partial charge in [-0.05, 0) is 35.7 Å². The highest BCUT2D eigenvalue weighted by Gasteiger charge is 2.10. The summed E-state index contributed by atoms with van der Waals surface area (Å²) in [5, 5.41) is 0.141. The van der Waals surface area contributed by atoms with E-state index in [0.29, 0.717) is 13.2 Å². The van der Waals surface area contributed by atoms with Crippen LogP contribution >= 0.6 is 12.6 Å². The Hall–Kier alpha value is -2.39. The van der Waals surface area contributed by atoms with E-state index in [0.717, 1.165) is 28.2 Å². The van der Waals surface area contributed by atoms with E-state index in [4.69, 9.17) is 9.47 Å². The second-order valence-corrected chi connectivity index (χ2v) is 6.71. The van der Waals surface area contributed by atoms with Gasteiger partial charge in [-0.3, -0.25) is 0 Å². The van der Waals surface area contributed by atoms with Gasteiger partial charge >= 0.3 is 0 Å². The Balaban J connectivity index is 1.76. The first kappa shape index (κ1) is 17.4. The third-order valence-corrected chi connectivity index (χ3v) is 4.22. The highest BCUT2D eigenvalue weighted by Crippen LogP contribution is 2.33. The lowest BCUT2D eigenvalue weighted by Crippen LogP contribution is -2.01. The van der Waals surface area contributed by atoms with Crippen molar-refractivity contribution in [2.75, 3.05) is 0 Å². The minimum Gasteiger partial charge on any atom is -0.485 e. The second kappa shape index (κ2) is 8.63. The van der Waals surface area contributed by atoms with Crippen LogP contribution in [0.1, 0.15) is 28.9 Å². The Morgan fingerprint density at radius 1 is 0.720 bits per heavy atom. The van der Waals surface area contributed by atoms with Gasteiger partial charge in [0.25, 0.3) is 0 Å². The minimum atomic E-state index is 0.141. The molecule has 0 aliphatic rings. The lowest BCUT2D eigenvalue weighted by molar-refractivity contribution is 0.255. The Morgan fingerprint density at radius 3 is 1.76 bits per heavy atom. The molecule has 128 valence electrons. The van der Waals surface area contributed by atoms with E-state index >= 15 is 0 Å². The molecule has 3 rings (SSSR count). The lowest BCUT2D eigenvalue weighted by Gasteiger charge is -2.15. The molecule has 0 heterocycles. The molecule has 2 nitrogen and oxygen atoms in total. The van der Waals surface area contributed by atoms with Crippen LogP contribution in [0.5, 0.6) is 11.5 Å². The Kier molecular flexibility index (Phi) is 6.02. The maximum Gasteiger partial charge on any atom is 0.162 e. The van der Waals surface area contributed by atoms with Gasteiger partial charge in [0, 0.05) is 5.25 Å². The van der Waals surface area contributed by atoms with Crippen molar-refractivity contribution in [3.63, 3.8) is 0 Å². The van der Waals surface area contributed by atoms with Gasteiger partial charge in [0.05, 0.1) is 0 Å². The first-order valence-electron chi connectivity index (χ1n) is 8.38. The van der Waals surface area contributed by atoms with Crippen LogP contribution in [0.2, 0.25) is 0 Å². The third-order valence-electron chi connectivity index (χ3n) is 3.92.